The zero-order valence-electron chi connectivity index (χ0n) is 13.4. The van der Waals surface area contributed by atoms with Gasteiger partial charge in [0.1, 0.15) is 5.82 Å². The molecule has 2 aromatic rings. The number of nitrogens with one attached hydrogen (secondary N) is 1. The normalized spacial score (nSPS) is 12.2. The predicted octanol–water partition coefficient (Wildman–Crippen LogP) is 4.22. The van der Waals surface area contributed by atoms with Crippen molar-refractivity contribution in [3.8, 4) is 0 Å². The quantitative estimate of drug-likeness (QED) is 0.842. The van der Waals surface area contributed by atoms with Crippen LogP contribution in [0, 0.1) is 0 Å². The molecule has 130 valence electrons. The van der Waals surface area contributed by atoms with E-state index in [1.807, 2.05) is 19.1 Å². The smallest absolute Gasteiger partial charge is 0.319 e. The van der Waals surface area contributed by atoms with Gasteiger partial charge in [0.2, 0.25) is 0 Å². The fraction of sp³-hybridized carbons (Fsp3) is 0.375. The van der Waals surface area contributed by atoms with Gasteiger partial charge in [-0.1, -0.05) is 30.7 Å². The Morgan fingerprint density at radius 2 is 2.04 bits per heavy atom. The Morgan fingerprint density at radius 1 is 1.38 bits per heavy atom. The van der Waals surface area contributed by atoms with E-state index in [9.17, 15) is 13.6 Å². The number of rotatable bonds is 6. The number of alkyl halides is 2. The highest BCUT2D eigenvalue weighted by Crippen LogP contribution is 2.20. The second-order valence-electron chi connectivity index (χ2n) is 5.35. The Balaban J connectivity index is 2.01. The second-order valence-corrected chi connectivity index (χ2v) is 5.78. The molecule has 1 aromatic carbocycles. The molecule has 0 aliphatic rings. The van der Waals surface area contributed by atoms with E-state index in [4.69, 9.17) is 11.6 Å². The van der Waals surface area contributed by atoms with Gasteiger partial charge < -0.3 is 10.2 Å². The maximum Gasteiger partial charge on any atom is 0.319 e. The summed E-state index contributed by atoms with van der Waals surface area (Å²) in [6.07, 6.45) is 3.16. The van der Waals surface area contributed by atoms with Gasteiger partial charge in [0.05, 0.1) is 12.6 Å². The molecular formula is C16H19ClF2N4O. The van der Waals surface area contributed by atoms with E-state index in [-0.39, 0.29) is 24.4 Å². The molecule has 0 bridgehead atoms. The Hall–Kier alpha value is -2.15. The zero-order valence-corrected chi connectivity index (χ0v) is 14.2. The minimum atomic E-state index is -2.68. The molecule has 0 radical (unpaired) electrons. The highest BCUT2D eigenvalue weighted by Gasteiger charge is 2.19. The van der Waals surface area contributed by atoms with Gasteiger partial charge in [-0.2, -0.15) is 8.78 Å². The van der Waals surface area contributed by atoms with Crippen LogP contribution in [0.25, 0.3) is 0 Å². The molecule has 1 heterocycles. The van der Waals surface area contributed by atoms with Crippen molar-refractivity contribution in [1.29, 1.82) is 0 Å². The summed E-state index contributed by atoms with van der Waals surface area (Å²) in [5.74, 6) is 0.127. The van der Waals surface area contributed by atoms with Crippen LogP contribution in [0.15, 0.2) is 36.7 Å². The number of hydrogen-bond donors (Lipinski definition) is 1. The summed E-state index contributed by atoms with van der Waals surface area (Å²) in [7, 11) is 1.54. The molecule has 0 spiro atoms. The van der Waals surface area contributed by atoms with Gasteiger partial charge in [0.15, 0.2) is 0 Å². The number of carbonyl (C=O) groups is 1. The van der Waals surface area contributed by atoms with Crippen LogP contribution in [0.2, 0.25) is 5.02 Å². The van der Waals surface area contributed by atoms with E-state index in [0.717, 1.165) is 10.1 Å². The molecule has 0 aliphatic carbocycles. The van der Waals surface area contributed by atoms with Crippen LogP contribution in [0.3, 0.4) is 0 Å². The number of aromatic nitrogens is 2. The molecule has 8 heteroatoms. The van der Waals surface area contributed by atoms with Gasteiger partial charge in [-0.25, -0.2) is 9.78 Å². The van der Waals surface area contributed by atoms with E-state index in [1.54, 1.807) is 12.1 Å². The fourth-order valence-corrected chi connectivity index (χ4v) is 2.43. The number of urea groups is 1. The van der Waals surface area contributed by atoms with Crippen molar-refractivity contribution in [3.63, 3.8) is 0 Å². The summed E-state index contributed by atoms with van der Waals surface area (Å²) < 4.78 is 26.4. The molecule has 0 fully saturated rings. The number of amides is 2. The summed E-state index contributed by atoms with van der Waals surface area (Å²) in [6.45, 7) is -0.750. The number of hydrogen-bond acceptors (Lipinski definition) is 2. The average molecular weight is 357 g/mol. The SMILES string of the molecule is CCC(NC(=O)N(C)Cc1nccn1C(F)F)c1ccc(Cl)cc1. The molecule has 0 saturated heterocycles. The van der Waals surface area contributed by atoms with E-state index < -0.39 is 6.55 Å². The van der Waals surface area contributed by atoms with Crippen LogP contribution < -0.4 is 5.32 Å². The van der Waals surface area contributed by atoms with E-state index in [2.05, 4.69) is 10.3 Å². The summed E-state index contributed by atoms with van der Waals surface area (Å²) in [5.41, 5.74) is 0.928. The minimum Gasteiger partial charge on any atom is -0.331 e. The fourth-order valence-electron chi connectivity index (χ4n) is 2.30. The molecule has 0 saturated carbocycles. The third-order valence-corrected chi connectivity index (χ3v) is 3.91. The molecule has 2 amide bonds. The number of benzene rings is 1. The molecule has 0 aliphatic heterocycles. The van der Waals surface area contributed by atoms with E-state index in [1.165, 1.54) is 24.3 Å². The average Bonchev–Trinajstić information content (AvgIpc) is 3.01. The Labute approximate surface area is 144 Å². The van der Waals surface area contributed by atoms with Crippen LogP contribution >= 0.6 is 11.6 Å². The Bertz CT molecular complexity index is 675. The molecule has 2 rings (SSSR count). The van der Waals surface area contributed by atoms with Gasteiger partial charge in [-0.05, 0) is 24.1 Å². The van der Waals surface area contributed by atoms with Crippen molar-refractivity contribution < 1.29 is 13.6 Å². The van der Waals surface area contributed by atoms with Gasteiger partial charge in [0.25, 0.3) is 0 Å². The lowest BCUT2D eigenvalue weighted by molar-refractivity contribution is 0.0650. The number of carbonyl (C=O) groups excluding carboxylic acids is 1. The first kappa shape index (κ1) is 18.2. The highest BCUT2D eigenvalue weighted by atomic mass is 35.5. The van der Waals surface area contributed by atoms with Crippen LogP contribution in [0.1, 0.15) is 37.3 Å². The van der Waals surface area contributed by atoms with Crippen molar-refractivity contribution in [1.82, 2.24) is 19.8 Å². The summed E-state index contributed by atoms with van der Waals surface area (Å²) in [5, 5.41) is 3.50. The van der Waals surface area contributed by atoms with Crippen molar-refractivity contribution in [2.75, 3.05) is 7.05 Å². The van der Waals surface area contributed by atoms with Crippen molar-refractivity contribution in [2.45, 2.75) is 32.5 Å². The first-order valence-corrected chi connectivity index (χ1v) is 7.87. The van der Waals surface area contributed by atoms with E-state index in [0.29, 0.717) is 11.4 Å². The maximum absolute atomic E-state index is 12.8. The molecule has 5 nitrogen and oxygen atoms in total. The lowest BCUT2D eigenvalue weighted by Crippen LogP contribution is -2.39. The summed E-state index contributed by atoms with van der Waals surface area (Å²) in [6, 6.07) is 6.66. The highest BCUT2D eigenvalue weighted by molar-refractivity contribution is 6.30. The third-order valence-electron chi connectivity index (χ3n) is 3.66. The van der Waals surface area contributed by atoms with Crippen LogP contribution in [0.4, 0.5) is 13.6 Å². The topological polar surface area (TPSA) is 50.2 Å². The second kappa shape index (κ2) is 8.10. The van der Waals surface area contributed by atoms with Gasteiger partial charge >= 0.3 is 12.6 Å². The number of halogens is 3. The zero-order chi connectivity index (χ0) is 17.7. The molecule has 1 unspecified atom stereocenters. The van der Waals surface area contributed by atoms with Crippen molar-refractivity contribution >= 4 is 17.6 Å². The summed E-state index contributed by atoms with van der Waals surface area (Å²) in [4.78, 5) is 17.5. The summed E-state index contributed by atoms with van der Waals surface area (Å²) >= 11 is 5.87. The number of imidazole rings is 1. The predicted molar refractivity (Wildman–Crippen MR) is 88.0 cm³/mol. The third kappa shape index (κ3) is 4.44. The molecular weight excluding hydrogens is 338 g/mol. The van der Waals surface area contributed by atoms with Crippen molar-refractivity contribution in [2.24, 2.45) is 0 Å². The van der Waals surface area contributed by atoms with Crippen LogP contribution in [-0.4, -0.2) is 27.5 Å². The largest absolute Gasteiger partial charge is 0.331 e. The molecule has 1 N–H and O–H groups in total. The molecule has 24 heavy (non-hydrogen) atoms. The van der Waals surface area contributed by atoms with Crippen LogP contribution in [0.5, 0.6) is 0 Å². The van der Waals surface area contributed by atoms with Crippen LogP contribution in [-0.2, 0) is 6.54 Å². The first-order valence-electron chi connectivity index (χ1n) is 7.49. The lowest BCUT2D eigenvalue weighted by Gasteiger charge is -2.23. The van der Waals surface area contributed by atoms with Gasteiger partial charge in [-0.15, -0.1) is 0 Å². The van der Waals surface area contributed by atoms with Gasteiger partial charge in [0, 0.05) is 24.5 Å². The lowest BCUT2D eigenvalue weighted by atomic mass is 10.1. The van der Waals surface area contributed by atoms with Gasteiger partial charge in [-0.3, -0.25) is 4.57 Å². The first-order chi connectivity index (χ1) is 11.4. The van der Waals surface area contributed by atoms with E-state index >= 15 is 0 Å². The van der Waals surface area contributed by atoms with Crippen molar-refractivity contribution in [3.05, 3.63) is 53.1 Å². The number of nitrogens with zero attached hydrogens (tertiary/aromatic N) is 3. The molecule has 1 aromatic heterocycles. The minimum absolute atomic E-state index is 0.0137. The maximum atomic E-state index is 12.8. The monoisotopic (exact) mass is 356 g/mol. The Morgan fingerprint density at radius 3 is 2.62 bits per heavy atom. The standard InChI is InChI=1S/C16H19ClF2N4O/c1-3-13(11-4-6-12(17)7-5-11)21-16(24)22(2)10-14-20-8-9-23(14)15(18)19/h4-9,13,15H,3,10H2,1-2H3,(H,21,24). The Kier molecular flexibility index (Phi) is 6.14. The molecule has 1 atom stereocenters.